The van der Waals surface area contributed by atoms with Crippen LogP contribution in [-0.2, 0) is 24.0 Å². The standard InChI is InChI=1S/C20H36N8O6/c21-11-16(30)28-10-4-6-14(28)19(34)26-12-15(29)27-13(5-3-9-25-20(22)23)18(33)24-8-2-1-7-17(31)32/h13-14H,1-12,21H2,(H,24,33)(H,26,34)(H,27,29)(H,31,32)(H4,22,23,25)/t13-,14-/m0/s1. The highest BCUT2D eigenvalue weighted by Gasteiger charge is 2.33. The highest BCUT2D eigenvalue weighted by Crippen LogP contribution is 2.17. The summed E-state index contributed by atoms with van der Waals surface area (Å²) in [6.45, 7) is 0.401. The van der Waals surface area contributed by atoms with E-state index in [-0.39, 0.29) is 50.9 Å². The second-order valence-corrected chi connectivity index (χ2v) is 7.88. The lowest BCUT2D eigenvalue weighted by molar-refractivity contribution is -0.138. The van der Waals surface area contributed by atoms with E-state index in [4.69, 9.17) is 22.3 Å². The molecule has 1 aliphatic rings. The molecule has 1 heterocycles. The summed E-state index contributed by atoms with van der Waals surface area (Å²) in [5.74, 6) is -2.79. The zero-order valence-corrected chi connectivity index (χ0v) is 19.3. The number of amides is 4. The molecule has 1 rings (SSSR count). The number of likely N-dealkylation sites (tertiary alicyclic amines) is 1. The minimum absolute atomic E-state index is 0.00352. The van der Waals surface area contributed by atoms with Gasteiger partial charge in [0.1, 0.15) is 12.1 Å². The Morgan fingerprint density at radius 2 is 1.82 bits per heavy atom. The number of rotatable bonds is 15. The topological polar surface area (TPSA) is 235 Å². The number of unbranched alkanes of at least 4 members (excludes halogenated alkanes) is 1. The van der Waals surface area contributed by atoms with Crippen molar-refractivity contribution in [1.29, 1.82) is 0 Å². The van der Waals surface area contributed by atoms with E-state index in [2.05, 4.69) is 20.9 Å². The summed E-state index contributed by atoms with van der Waals surface area (Å²) >= 11 is 0. The molecule has 0 aromatic carbocycles. The lowest BCUT2D eigenvalue weighted by Gasteiger charge is -2.23. The predicted octanol–water partition coefficient (Wildman–Crippen LogP) is -3.04. The van der Waals surface area contributed by atoms with Crippen LogP contribution >= 0.6 is 0 Å². The fourth-order valence-corrected chi connectivity index (χ4v) is 3.49. The van der Waals surface area contributed by atoms with Gasteiger partial charge in [-0.15, -0.1) is 0 Å². The first kappa shape index (κ1) is 28.6. The fourth-order valence-electron chi connectivity index (χ4n) is 3.49. The summed E-state index contributed by atoms with van der Waals surface area (Å²) in [6, 6.07) is -1.56. The molecule has 0 aromatic rings. The fraction of sp³-hybridized carbons (Fsp3) is 0.700. The van der Waals surface area contributed by atoms with Crippen LogP contribution in [0.4, 0.5) is 0 Å². The zero-order chi connectivity index (χ0) is 25.5. The minimum Gasteiger partial charge on any atom is -0.481 e. The number of guanidine groups is 1. The van der Waals surface area contributed by atoms with Crippen molar-refractivity contribution in [2.75, 3.05) is 32.7 Å². The molecule has 34 heavy (non-hydrogen) atoms. The van der Waals surface area contributed by atoms with Crippen molar-refractivity contribution in [1.82, 2.24) is 20.9 Å². The molecule has 14 heteroatoms. The Kier molecular flexibility index (Phi) is 13.0. The predicted molar refractivity (Wildman–Crippen MR) is 123 cm³/mol. The third-order valence-electron chi connectivity index (χ3n) is 5.19. The number of nitrogens with one attached hydrogen (secondary N) is 3. The molecular weight excluding hydrogens is 448 g/mol. The normalized spacial score (nSPS) is 15.8. The minimum atomic E-state index is -0.911. The molecule has 4 amide bonds. The van der Waals surface area contributed by atoms with Gasteiger partial charge in [0.05, 0.1) is 13.1 Å². The van der Waals surface area contributed by atoms with Gasteiger partial charge in [0, 0.05) is 26.1 Å². The Morgan fingerprint density at radius 3 is 2.47 bits per heavy atom. The van der Waals surface area contributed by atoms with Crippen LogP contribution in [0, 0.1) is 0 Å². The number of aliphatic imine (C=N–C) groups is 1. The molecule has 14 nitrogen and oxygen atoms in total. The number of carboxylic acid groups (broad SMARTS) is 1. The van der Waals surface area contributed by atoms with Gasteiger partial charge in [-0.05, 0) is 38.5 Å². The molecule has 0 saturated carbocycles. The van der Waals surface area contributed by atoms with E-state index in [0.29, 0.717) is 38.6 Å². The Morgan fingerprint density at radius 1 is 1.09 bits per heavy atom. The van der Waals surface area contributed by atoms with Crippen LogP contribution in [0.5, 0.6) is 0 Å². The maximum absolute atomic E-state index is 12.5. The SMILES string of the molecule is NCC(=O)N1CCC[C@H]1C(=O)NCC(=O)N[C@@H](CCCN=C(N)N)C(=O)NCCCCC(=O)O. The first-order valence-corrected chi connectivity index (χ1v) is 11.3. The molecule has 192 valence electrons. The number of nitrogens with zero attached hydrogens (tertiary/aromatic N) is 2. The summed E-state index contributed by atoms with van der Waals surface area (Å²) in [5, 5.41) is 16.4. The quantitative estimate of drug-likeness (QED) is 0.0709. The van der Waals surface area contributed by atoms with Gasteiger partial charge in [-0.3, -0.25) is 29.0 Å². The van der Waals surface area contributed by atoms with Crippen LogP contribution < -0.4 is 33.2 Å². The van der Waals surface area contributed by atoms with Crippen molar-refractivity contribution in [3.05, 3.63) is 0 Å². The summed E-state index contributed by atoms with van der Waals surface area (Å²) in [7, 11) is 0. The molecule has 1 aliphatic heterocycles. The number of carbonyl (C=O) groups is 5. The third-order valence-corrected chi connectivity index (χ3v) is 5.19. The first-order valence-electron chi connectivity index (χ1n) is 11.3. The second kappa shape index (κ2) is 15.4. The smallest absolute Gasteiger partial charge is 0.303 e. The number of carbonyl (C=O) groups excluding carboxylic acids is 4. The van der Waals surface area contributed by atoms with Gasteiger partial charge in [-0.2, -0.15) is 0 Å². The summed E-state index contributed by atoms with van der Waals surface area (Å²) in [5.41, 5.74) is 16.0. The summed E-state index contributed by atoms with van der Waals surface area (Å²) < 4.78 is 0. The van der Waals surface area contributed by atoms with Gasteiger partial charge in [0.2, 0.25) is 23.6 Å². The highest BCUT2D eigenvalue weighted by atomic mass is 16.4. The highest BCUT2D eigenvalue weighted by molar-refractivity contribution is 5.93. The molecule has 0 bridgehead atoms. The van der Waals surface area contributed by atoms with Crippen molar-refractivity contribution in [2.24, 2.45) is 22.2 Å². The zero-order valence-electron chi connectivity index (χ0n) is 19.3. The monoisotopic (exact) mass is 484 g/mol. The van der Waals surface area contributed by atoms with Gasteiger partial charge >= 0.3 is 5.97 Å². The van der Waals surface area contributed by atoms with Crippen LogP contribution in [0.15, 0.2) is 4.99 Å². The molecule has 0 unspecified atom stereocenters. The van der Waals surface area contributed by atoms with E-state index in [1.165, 1.54) is 4.90 Å². The van der Waals surface area contributed by atoms with Crippen molar-refractivity contribution in [2.45, 2.75) is 57.0 Å². The van der Waals surface area contributed by atoms with Crippen LogP contribution in [0.2, 0.25) is 0 Å². The molecule has 10 N–H and O–H groups in total. The van der Waals surface area contributed by atoms with E-state index >= 15 is 0 Å². The largest absolute Gasteiger partial charge is 0.481 e. The number of hydrogen-bond donors (Lipinski definition) is 7. The molecule has 2 atom stereocenters. The third kappa shape index (κ3) is 10.9. The molecule has 1 fully saturated rings. The molecule has 0 radical (unpaired) electrons. The first-order chi connectivity index (χ1) is 16.1. The van der Waals surface area contributed by atoms with Crippen LogP contribution in [0.1, 0.15) is 44.9 Å². The van der Waals surface area contributed by atoms with Crippen molar-refractivity contribution in [3.8, 4) is 0 Å². The van der Waals surface area contributed by atoms with Crippen molar-refractivity contribution in [3.63, 3.8) is 0 Å². The van der Waals surface area contributed by atoms with Crippen LogP contribution in [0.25, 0.3) is 0 Å². The average Bonchev–Trinajstić information content (AvgIpc) is 3.28. The Labute approximate surface area is 198 Å². The number of aliphatic carboxylic acids is 1. The molecular formula is C20H36N8O6. The maximum Gasteiger partial charge on any atom is 0.303 e. The van der Waals surface area contributed by atoms with Gasteiger partial charge in [0.25, 0.3) is 0 Å². The van der Waals surface area contributed by atoms with Crippen LogP contribution in [-0.4, -0.2) is 90.4 Å². The lowest BCUT2D eigenvalue weighted by Crippen LogP contribution is -2.52. The molecule has 1 saturated heterocycles. The molecule has 0 spiro atoms. The van der Waals surface area contributed by atoms with E-state index in [0.717, 1.165) is 0 Å². The summed E-state index contributed by atoms with van der Waals surface area (Å²) in [4.78, 5) is 65.0. The van der Waals surface area contributed by atoms with Gasteiger partial charge < -0.3 is 43.2 Å². The summed E-state index contributed by atoms with van der Waals surface area (Å²) in [6.07, 6.45) is 2.70. The lowest BCUT2D eigenvalue weighted by atomic mass is 10.1. The van der Waals surface area contributed by atoms with E-state index < -0.39 is 35.8 Å². The number of hydrogen-bond acceptors (Lipinski definition) is 7. The van der Waals surface area contributed by atoms with Crippen LogP contribution in [0.3, 0.4) is 0 Å². The molecule has 0 aliphatic carbocycles. The van der Waals surface area contributed by atoms with E-state index in [1.807, 2.05) is 0 Å². The number of carboxylic acids is 1. The van der Waals surface area contributed by atoms with Gasteiger partial charge in [-0.1, -0.05) is 0 Å². The van der Waals surface area contributed by atoms with Gasteiger partial charge in [-0.25, -0.2) is 0 Å². The van der Waals surface area contributed by atoms with Crippen molar-refractivity contribution >= 4 is 35.6 Å². The second-order valence-electron chi connectivity index (χ2n) is 7.88. The Hall–Kier alpha value is -3.42. The van der Waals surface area contributed by atoms with Crippen molar-refractivity contribution < 1.29 is 29.1 Å². The van der Waals surface area contributed by atoms with E-state index in [1.54, 1.807) is 0 Å². The van der Waals surface area contributed by atoms with E-state index in [9.17, 15) is 24.0 Å². The van der Waals surface area contributed by atoms with Gasteiger partial charge in [0.15, 0.2) is 5.96 Å². The maximum atomic E-state index is 12.5. The average molecular weight is 485 g/mol. The molecule has 0 aromatic heterocycles. The number of nitrogens with two attached hydrogens (primary N) is 3. The Bertz CT molecular complexity index is 755. The Balaban J connectivity index is 2.57.